The first-order valence-electron chi connectivity index (χ1n) is 6.93. The molecule has 120 valence electrons. The van der Waals surface area contributed by atoms with E-state index in [1.54, 1.807) is 18.2 Å². The van der Waals surface area contributed by atoms with Gasteiger partial charge in [-0.05, 0) is 31.7 Å². The maximum absolute atomic E-state index is 11.8. The number of nitrogens with zero attached hydrogens (tertiary/aromatic N) is 1. The third-order valence-electron chi connectivity index (χ3n) is 3.88. The second-order valence-corrected chi connectivity index (χ2v) is 7.35. The van der Waals surface area contributed by atoms with Crippen molar-refractivity contribution in [2.24, 2.45) is 7.05 Å². The van der Waals surface area contributed by atoms with Crippen molar-refractivity contribution < 1.29 is 18.3 Å². The Morgan fingerprint density at radius 2 is 2.05 bits per heavy atom. The number of sulfone groups is 1. The number of aryl methyl sites for hydroxylation is 1. The summed E-state index contributed by atoms with van der Waals surface area (Å²) in [5, 5.41) is 13.1. The number of carbonyl (C=O) groups is 1. The van der Waals surface area contributed by atoms with Crippen molar-refractivity contribution in [3.63, 3.8) is 0 Å². The molecule has 0 saturated carbocycles. The maximum Gasteiger partial charge on any atom is 0.325 e. The first-order chi connectivity index (χ1) is 10.2. The summed E-state index contributed by atoms with van der Waals surface area (Å²) < 4.78 is 25.4. The molecule has 2 N–H and O–H groups in total. The largest absolute Gasteiger partial charge is 0.480 e. The lowest BCUT2D eigenvalue weighted by Gasteiger charge is -2.14. The van der Waals surface area contributed by atoms with Crippen molar-refractivity contribution in [2.45, 2.75) is 24.8 Å². The van der Waals surface area contributed by atoms with E-state index in [4.69, 9.17) is 0 Å². The van der Waals surface area contributed by atoms with Gasteiger partial charge in [0.1, 0.15) is 6.04 Å². The molecule has 0 aliphatic rings. The number of carboxylic acids is 1. The average molecular weight is 324 g/mol. The minimum absolute atomic E-state index is 0.187. The van der Waals surface area contributed by atoms with Crippen LogP contribution in [0.2, 0.25) is 0 Å². The molecule has 0 fully saturated rings. The quantitative estimate of drug-likeness (QED) is 0.872. The molecule has 0 aliphatic carbocycles. The van der Waals surface area contributed by atoms with Crippen LogP contribution in [0.5, 0.6) is 0 Å². The van der Waals surface area contributed by atoms with Crippen LogP contribution in [0.3, 0.4) is 0 Å². The first-order valence-corrected chi connectivity index (χ1v) is 8.82. The molecule has 1 heterocycles. The molecular formula is C15H20N2O4S. The number of rotatable bonds is 5. The van der Waals surface area contributed by atoms with E-state index in [2.05, 4.69) is 5.32 Å². The number of hydrogen-bond donors (Lipinski definition) is 2. The van der Waals surface area contributed by atoms with E-state index in [0.29, 0.717) is 17.5 Å². The van der Waals surface area contributed by atoms with Crippen molar-refractivity contribution in [1.29, 1.82) is 0 Å². The molecule has 7 heteroatoms. The van der Waals surface area contributed by atoms with Crippen molar-refractivity contribution in [3.8, 4) is 0 Å². The standard InChI is InChI=1S/C15H20N2O4S/c1-5-16-14(15(18)19)13-9(2)17(3)12-7-6-10(8-11(12)13)22(4,20)21/h6-8,14,16H,5H2,1-4H3,(H,18,19). The van der Waals surface area contributed by atoms with Crippen LogP contribution in [-0.2, 0) is 21.7 Å². The number of aromatic nitrogens is 1. The number of nitrogens with one attached hydrogen (secondary N) is 1. The van der Waals surface area contributed by atoms with Crippen molar-refractivity contribution >= 4 is 26.7 Å². The van der Waals surface area contributed by atoms with Crippen LogP contribution < -0.4 is 5.32 Å². The van der Waals surface area contributed by atoms with Crippen LogP contribution in [0.15, 0.2) is 23.1 Å². The summed E-state index contributed by atoms with van der Waals surface area (Å²) in [4.78, 5) is 11.8. The van der Waals surface area contributed by atoms with Crippen LogP contribution in [0.1, 0.15) is 24.2 Å². The lowest BCUT2D eigenvalue weighted by Crippen LogP contribution is -2.28. The van der Waals surface area contributed by atoms with E-state index < -0.39 is 21.8 Å². The molecule has 22 heavy (non-hydrogen) atoms. The van der Waals surface area contributed by atoms with Gasteiger partial charge in [-0.25, -0.2) is 8.42 Å². The Labute approximate surface area is 129 Å². The summed E-state index contributed by atoms with van der Waals surface area (Å²) in [7, 11) is -1.51. The molecule has 0 bridgehead atoms. The number of fused-ring (bicyclic) bond motifs is 1. The summed E-state index contributed by atoms with van der Waals surface area (Å²) in [6.45, 7) is 4.17. The highest BCUT2D eigenvalue weighted by molar-refractivity contribution is 7.90. The molecule has 0 aliphatic heterocycles. The maximum atomic E-state index is 11.8. The smallest absolute Gasteiger partial charge is 0.325 e. The summed E-state index contributed by atoms with van der Waals surface area (Å²) >= 11 is 0. The molecule has 1 unspecified atom stereocenters. The van der Waals surface area contributed by atoms with Gasteiger partial charge in [-0.2, -0.15) is 0 Å². The summed E-state index contributed by atoms with van der Waals surface area (Å²) in [5.74, 6) is -0.984. The Morgan fingerprint density at radius 1 is 1.41 bits per heavy atom. The lowest BCUT2D eigenvalue weighted by molar-refractivity contribution is -0.139. The summed E-state index contributed by atoms with van der Waals surface area (Å²) in [5.41, 5.74) is 2.22. The van der Waals surface area contributed by atoms with Crippen LogP contribution >= 0.6 is 0 Å². The highest BCUT2D eigenvalue weighted by Crippen LogP contribution is 2.32. The molecule has 2 aromatic rings. The summed E-state index contributed by atoms with van der Waals surface area (Å²) in [6.07, 6.45) is 1.14. The van der Waals surface area contributed by atoms with Gasteiger partial charge in [0.2, 0.25) is 0 Å². The van der Waals surface area contributed by atoms with E-state index >= 15 is 0 Å². The van der Waals surface area contributed by atoms with Crippen LogP contribution in [0.4, 0.5) is 0 Å². The average Bonchev–Trinajstić information content (AvgIpc) is 2.67. The minimum Gasteiger partial charge on any atom is -0.480 e. The van der Waals surface area contributed by atoms with E-state index in [1.807, 2.05) is 25.5 Å². The van der Waals surface area contributed by atoms with Gasteiger partial charge in [0, 0.05) is 35.5 Å². The number of likely N-dealkylation sites (N-methyl/N-ethyl adjacent to an activating group) is 1. The fourth-order valence-corrected chi connectivity index (χ4v) is 3.34. The zero-order valence-electron chi connectivity index (χ0n) is 13.0. The van der Waals surface area contributed by atoms with Gasteiger partial charge < -0.3 is 15.0 Å². The SMILES string of the molecule is CCNC(C(=O)O)c1c(C)n(C)c2ccc(S(C)(=O)=O)cc12. The molecule has 1 atom stereocenters. The van der Waals surface area contributed by atoms with E-state index in [0.717, 1.165) is 17.5 Å². The first kappa shape index (κ1) is 16.5. The zero-order valence-corrected chi connectivity index (χ0v) is 13.9. The van der Waals surface area contributed by atoms with Crippen LogP contribution in [0, 0.1) is 6.92 Å². The second-order valence-electron chi connectivity index (χ2n) is 5.34. The third-order valence-corrected chi connectivity index (χ3v) is 4.99. The molecule has 1 aromatic carbocycles. The normalized spacial score (nSPS) is 13.5. The highest BCUT2D eigenvalue weighted by Gasteiger charge is 2.26. The van der Waals surface area contributed by atoms with E-state index in [-0.39, 0.29) is 4.90 Å². The molecule has 0 saturated heterocycles. The zero-order chi connectivity index (χ0) is 16.7. The number of benzene rings is 1. The molecule has 1 aromatic heterocycles. The monoisotopic (exact) mass is 324 g/mol. The van der Waals surface area contributed by atoms with Gasteiger partial charge in [-0.1, -0.05) is 6.92 Å². The number of hydrogen-bond acceptors (Lipinski definition) is 4. The Bertz CT molecular complexity index is 837. The number of aliphatic carboxylic acids is 1. The topological polar surface area (TPSA) is 88.4 Å². The fraction of sp³-hybridized carbons (Fsp3) is 0.400. The second kappa shape index (κ2) is 5.73. The highest BCUT2D eigenvalue weighted by atomic mass is 32.2. The number of carboxylic acid groups (broad SMARTS) is 1. The Hall–Kier alpha value is -1.86. The Morgan fingerprint density at radius 3 is 2.55 bits per heavy atom. The molecule has 6 nitrogen and oxygen atoms in total. The van der Waals surface area contributed by atoms with Gasteiger partial charge in [0.15, 0.2) is 9.84 Å². The molecule has 0 radical (unpaired) electrons. The van der Waals surface area contributed by atoms with Crippen molar-refractivity contribution in [1.82, 2.24) is 9.88 Å². The van der Waals surface area contributed by atoms with Gasteiger partial charge in [0.05, 0.1) is 4.90 Å². The van der Waals surface area contributed by atoms with Crippen molar-refractivity contribution in [3.05, 3.63) is 29.5 Å². The van der Waals surface area contributed by atoms with Gasteiger partial charge in [0.25, 0.3) is 0 Å². The summed E-state index contributed by atoms with van der Waals surface area (Å²) in [6, 6.07) is 3.94. The van der Waals surface area contributed by atoms with E-state index in [9.17, 15) is 18.3 Å². The van der Waals surface area contributed by atoms with Gasteiger partial charge >= 0.3 is 5.97 Å². The van der Waals surface area contributed by atoms with Gasteiger partial charge in [-0.3, -0.25) is 4.79 Å². The van der Waals surface area contributed by atoms with E-state index in [1.165, 1.54) is 0 Å². The Balaban J connectivity index is 2.82. The third kappa shape index (κ3) is 2.74. The van der Waals surface area contributed by atoms with Crippen LogP contribution in [-0.4, -0.2) is 36.9 Å². The minimum atomic E-state index is -3.35. The predicted molar refractivity (Wildman–Crippen MR) is 84.8 cm³/mol. The Kier molecular flexibility index (Phi) is 4.30. The van der Waals surface area contributed by atoms with Gasteiger partial charge in [-0.15, -0.1) is 0 Å². The molecule has 2 rings (SSSR count). The lowest BCUT2D eigenvalue weighted by atomic mass is 10.0. The van der Waals surface area contributed by atoms with Crippen molar-refractivity contribution in [2.75, 3.05) is 12.8 Å². The molecule has 0 amide bonds. The fourth-order valence-electron chi connectivity index (χ4n) is 2.69. The van der Waals surface area contributed by atoms with Crippen LogP contribution in [0.25, 0.3) is 10.9 Å². The molecular weight excluding hydrogens is 304 g/mol. The predicted octanol–water partition coefficient (Wildman–Crippen LogP) is 1.63. The molecule has 0 spiro atoms.